The first-order valence-corrected chi connectivity index (χ1v) is 12.6. The molecule has 6 rings (SSSR count). The third-order valence-electron chi connectivity index (χ3n) is 7.42. The van der Waals surface area contributed by atoms with E-state index in [-0.39, 0.29) is 67.9 Å². The van der Waals surface area contributed by atoms with Gasteiger partial charge in [0.1, 0.15) is 51.6 Å². The first-order valence-electron chi connectivity index (χ1n) is 12.6. The molecule has 11 nitrogen and oxygen atoms in total. The molecule has 0 radical (unpaired) electrons. The number of hydrogen-bond acceptors (Lipinski definition) is 11. The van der Waals surface area contributed by atoms with Crippen LogP contribution in [0.25, 0.3) is 22.3 Å². The normalized spacial score (nSPS) is 15.9. The highest BCUT2D eigenvalue weighted by atomic mass is 16.5. The number of rotatable bonds is 4. The Bertz CT molecular complexity index is 1940. The van der Waals surface area contributed by atoms with Crippen LogP contribution < -0.4 is 14.9 Å². The molecule has 214 valence electrons. The molecule has 42 heavy (non-hydrogen) atoms. The van der Waals surface area contributed by atoms with Gasteiger partial charge < -0.3 is 49.6 Å². The lowest BCUT2D eigenvalue weighted by Gasteiger charge is -2.21. The van der Waals surface area contributed by atoms with E-state index in [2.05, 4.69) is 0 Å². The Hall–Kier alpha value is -5.71. The van der Waals surface area contributed by atoms with Gasteiger partial charge in [0.05, 0.1) is 24.2 Å². The first kappa shape index (κ1) is 26.5. The van der Waals surface area contributed by atoms with Gasteiger partial charge in [0.25, 0.3) is 0 Å². The molecule has 11 heteroatoms. The molecule has 0 fully saturated rings. The molecule has 7 N–H and O–H groups in total. The highest BCUT2D eigenvalue weighted by Gasteiger charge is 2.43. The van der Waals surface area contributed by atoms with Crippen LogP contribution in [-0.2, 0) is 0 Å². The van der Waals surface area contributed by atoms with Crippen molar-refractivity contribution in [3.05, 3.63) is 87.1 Å². The molecule has 2 atom stereocenters. The summed E-state index contributed by atoms with van der Waals surface area (Å²) in [5, 5.41) is 73.6. The van der Waals surface area contributed by atoms with Gasteiger partial charge in [-0.15, -0.1) is 0 Å². The number of fused-ring (bicyclic) bond motifs is 2. The van der Waals surface area contributed by atoms with Crippen LogP contribution in [0.5, 0.6) is 51.7 Å². The Morgan fingerprint density at radius 2 is 1.43 bits per heavy atom. The van der Waals surface area contributed by atoms with Crippen LogP contribution in [0.3, 0.4) is 0 Å². The second-order valence-electron chi connectivity index (χ2n) is 9.96. The maximum absolute atomic E-state index is 13.4. The van der Waals surface area contributed by atoms with Crippen molar-refractivity contribution >= 4 is 11.0 Å². The van der Waals surface area contributed by atoms with Crippen LogP contribution in [0.2, 0.25) is 0 Å². The van der Waals surface area contributed by atoms with Gasteiger partial charge >= 0.3 is 0 Å². The molecule has 0 bridgehead atoms. The quantitative estimate of drug-likeness (QED) is 0.144. The van der Waals surface area contributed by atoms with E-state index < -0.39 is 34.7 Å². The lowest BCUT2D eigenvalue weighted by molar-refractivity contribution is 0.214. The molecule has 1 aliphatic rings. The highest BCUT2D eigenvalue weighted by molar-refractivity contribution is 5.91. The number of methoxy groups -OCH3 is 1. The van der Waals surface area contributed by atoms with E-state index >= 15 is 0 Å². The Morgan fingerprint density at radius 1 is 0.762 bits per heavy atom. The van der Waals surface area contributed by atoms with E-state index in [1.54, 1.807) is 12.1 Å². The molecule has 1 aliphatic heterocycles. The number of phenolic OH excluding ortho intramolecular Hbond substituents is 7. The molecule has 0 spiro atoms. The topological polar surface area (TPSA) is 190 Å². The van der Waals surface area contributed by atoms with Crippen molar-refractivity contribution in [3.8, 4) is 63.1 Å². The molecule has 0 saturated carbocycles. The molecule has 0 unspecified atom stereocenters. The second-order valence-corrected chi connectivity index (χ2v) is 9.96. The van der Waals surface area contributed by atoms with E-state index in [9.17, 15) is 40.5 Å². The lowest BCUT2D eigenvalue weighted by Crippen LogP contribution is -2.11. The molecular weight excluding hydrogens is 548 g/mol. The van der Waals surface area contributed by atoms with E-state index in [0.29, 0.717) is 11.1 Å². The van der Waals surface area contributed by atoms with Gasteiger partial charge in [-0.3, -0.25) is 4.79 Å². The maximum Gasteiger partial charge on any atom is 0.239 e. The number of ether oxygens (including phenoxy) is 2. The van der Waals surface area contributed by atoms with Crippen molar-refractivity contribution in [2.24, 2.45) is 0 Å². The maximum atomic E-state index is 13.4. The third-order valence-corrected chi connectivity index (χ3v) is 7.42. The molecule has 2 heterocycles. The second kappa shape index (κ2) is 9.44. The van der Waals surface area contributed by atoms with Crippen molar-refractivity contribution in [3.63, 3.8) is 0 Å². The number of phenols is 7. The van der Waals surface area contributed by atoms with Gasteiger partial charge in [-0.2, -0.15) is 0 Å². The standard InChI is InChI=1S/C31H24O11/c1-12-19(35)11-21-23(25(12)37)27(39)31(40-2)29(41-21)18-10-20(36)30-24(26(18)38)22(13-3-5-15(32)6-4-13)28(42-30)14-7-16(33)9-17(34)8-14/h3-11,22,28,32-38H,1-2H3/t22-,28+/m0/s1. The SMILES string of the molecule is COc1c(-c2cc(O)c3c(c2O)[C@H](c2ccc(O)cc2)[C@@H](c2cc(O)cc(O)c2)O3)oc2cc(O)c(C)c(O)c2c1=O. The highest BCUT2D eigenvalue weighted by Crippen LogP contribution is 2.59. The van der Waals surface area contributed by atoms with Gasteiger partial charge in [0.2, 0.25) is 11.2 Å². The van der Waals surface area contributed by atoms with Gasteiger partial charge in [0, 0.05) is 23.3 Å². The van der Waals surface area contributed by atoms with E-state index in [1.807, 2.05) is 0 Å². The summed E-state index contributed by atoms with van der Waals surface area (Å²) in [5.74, 6) is -3.86. The van der Waals surface area contributed by atoms with Crippen LogP contribution in [0.15, 0.2) is 63.8 Å². The Labute approximate surface area is 236 Å². The lowest BCUT2D eigenvalue weighted by atomic mass is 9.83. The third kappa shape index (κ3) is 3.93. The summed E-state index contributed by atoms with van der Waals surface area (Å²) in [6.45, 7) is 1.42. The van der Waals surface area contributed by atoms with Gasteiger partial charge in [-0.25, -0.2) is 0 Å². The molecule has 0 amide bonds. The fraction of sp³-hybridized carbons (Fsp3) is 0.129. The van der Waals surface area contributed by atoms with Crippen LogP contribution in [0, 0.1) is 6.92 Å². The zero-order valence-electron chi connectivity index (χ0n) is 22.1. The van der Waals surface area contributed by atoms with Crippen LogP contribution in [0.4, 0.5) is 0 Å². The predicted octanol–water partition coefficient (Wildman–Crippen LogP) is 4.98. The van der Waals surface area contributed by atoms with Crippen molar-refractivity contribution in [2.75, 3.05) is 7.11 Å². The largest absolute Gasteiger partial charge is 0.508 e. The Morgan fingerprint density at radius 3 is 2.07 bits per heavy atom. The van der Waals surface area contributed by atoms with Gasteiger partial charge in [-0.05, 0) is 42.8 Å². The average Bonchev–Trinajstić information content (AvgIpc) is 3.35. The predicted molar refractivity (Wildman–Crippen MR) is 149 cm³/mol. The summed E-state index contributed by atoms with van der Waals surface area (Å²) in [4.78, 5) is 13.4. The summed E-state index contributed by atoms with van der Waals surface area (Å²) in [6.07, 6.45) is -0.975. The average molecular weight is 573 g/mol. The van der Waals surface area contributed by atoms with Gasteiger partial charge in [-0.1, -0.05) is 12.1 Å². The Balaban J connectivity index is 1.64. The minimum atomic E-state index is -0.975. The molecule has 1 aromatic heterocycles. The summed E-state index contributed by atoms with van der Waals surface area (Å²) in [7, 11) is 1.20. The zero-order valence-corrected chi connectivity index (χ0v) is 22.1. The van der Waals surface area contributed by atoms with Crippen molar-refractivity contribution in [1.82, 2.24) is 0 Å². The van der Waals surface area contributed by atoms with Crippen molar-refractivity contribution in [1.29, 1.82) is 0 Å². The molecular formula is C31H24O11. The van der Waals surface area contributed by atoms with Crippen molar-refractivity contribution in [2.45, 2.75) is 18.9 Å². The van der Waals surface area contributed by atoms with E-state index in [0.717, 1.165) is 18.2 Å². The number of benzene rings is 4. The Kier molecular flexibility index (Phi) is 5.96. The smallest absolute Gasteiger partial charge is 0.239 e. The monoisotopic (exact) mass is 572 g/mol. The zero-order chi connectivity index (χ0) is 30.0. The van der Waals surface area contributed by atoms with E-state index in [4.69, 9.17) is 13.9 Å². The molecule has 4 aromatic carbocycles. The molecule has 0 aliphatic carbocycles. The fourth-order valence-electron chi connectivity index (χ4n) is 5.42. The number of hydrogen-bond donors (Lipinski definition) is 7. The first-order chi connectivity index (χ1) is 20.0. The minimum Gasteiger partial charge on any atom is -0.508 e. The summed E-state index contributed by atoms with van der Waals surface area (Å²) in [6, 6.07) is 12.2. The van der Waals surface area contributed by atoms with Crippen LogP contribution >= 0.6 is 0 Å². The molecule has 0 saturated heterocycles. The van der Waals surface area contributed by atoms with Crippen LogP contribution in [0.1, 0.15) is 34.3 Å². The molecule has 5 aromatic rings. The minimum absolute atomic E-state index is 0.0188. The summed E-state index contributed by atoms with van der Waals surface area (Å²) >= 11 is 0. The summed E-state index contributed by atoms with van der Waals surface area (Å²) in [5.41, 5.74) is -0.151. The van der Waals surface area contributed by atoms with Crippen molar-refractivity contribution < 1.29 is 49.6 Å². The van der Waals surface area contributed by atoms with Crippen LogP contribution in [-0.4, -0.2) is 42.9 Å². The van der Waals surface area contributed by atoms with E-state index in [1.165, 1.54) is 38.3 Å². The number of aromatic hydroxyl groups is 7. The summed E-state index contributed by atoms with van der Waals surface area (Å²) < 4.78 is 17.4. The van der Waals surface area contributed by atoms with Gasteiger partial charge in [0.15, 0.2) is 17.3 Å². The fourth-order valence-corrected chi connectivity index (χ4v) is 5.42.